The van der Waals surface area contributed by atoms with Crippen molar-refractivity contribution in [3.8, 4) is 0 Å². The first-order chi connectivity index (χ1) is 7.53. The molecule has 16 heavy (non-hydrogen) atoms. The van der Waals surface area contributed by atoms with Crippen molar-refractivity contribution < 1.29 is 13.5 Å². The van der Waals surface area contributed by atoms with E-state index in [-0.39, 0.29) is 11.8 Å². The Bertz CT molecular complexity index is 256. The van der Waals surface area contributed by atoms with Crippen LogP contribution in [0.4, 0.5) is 4.39 Å². The van der Waals surface area contributed by atoms with Crippen LogP contribution >= 0.6 is 30.3 Å². The van der Waals surface area contributed by atoms with Crippen molar-refractivity contribution in [2.24, 2.45) is 0 Å². The van der Waals surface area contributed by atoms with Crippen LogP contribution in [0.3, 0.4) is 0 Å². The summed E-state index contributed by atoms with van der Waals surface area (Å²) in [6.07, 6.45) is 0.878. The molecule has 0 radical (unpaired) electrons. The van der Waals surface area contributed by atoms with Crippen LogP contribution in [0.25, 0.3) is 0 Å². The number of hydrogen-bond acceptors (Lipinski definition) is 4. The van der Waals surface area contributed by atoms with Gasteiger partial charge in [-0.25, -0.2) is 4.39 Å². The molecule has 3 nitrogen and oxygen atoms in total. The molecule has 0 aromatic carbocycles. The Morgan fingerprint density at radius 3 is 2.62 bits per heavy atom. The molecule has 2 unspecified atom stereocenters. The van der Waals surface area contributed by atoms with Gasteiger partial charge in [-0.05, 0) is 24.7 Å². The molecule has 96 valence electrons. The molecule has 0 aromatic heterocycles. The average molecular weight is 287 g/mol. The fourth-order valence-electron chi connectivity index (χ4n) is 0.950. The lowest BCUT2D eigenvalue weighted by molar-refractivity contribution is 0.311. The molecular formula is C9H19FNO2PS2. The molecule has 7 heteroatoms. The summed E-state index contributed by atoms with van der Waals surface area (Å²) in [6, 6.07) is 0. The Balaban J connectivity index is 4.76. The lowest BCUT2D eigenvalue weighted by atomic mass is 10.4. The second-order valence-electron chi connectivity index (χ2n) is 3.17. The van der Waals surface area contributed by atoms with E-state index in [2.05, 4.69) is 0 Å². The molecule has 0 aliphatic carbocycles. The highest BCUT2D eigenvalue weighted by atomic mass is 32.7. The summed E-state index contributed by atoms with van der Waals surface area (Å²) in [6.45, 7) is 2.42. The normalized spacial score (nSPS) is 16.5. The molecule has 0 aliphatic heterocycles. The summed E-state index contributed by atoms with van der Waals surface area (Å²) in [5, 5.41) is 0.189. The summed E-state index contributed by atoms with van der Waals surface area (Å²) in [5.74, 6) is 0. The van der Waals surface area contributed by atoms with Crippen LogP contribution < -0.4 is 0 Å². The summed E-state index contributed by atoms with van der Waals surface area (Å²) < 4.78 is 31.4. The van der Waals surface area contributed by atoms with Gasteiger partial charge in [-0.1, -0.05) is 26.1 Å². The van der Waals surface area contributed by atoms with Crippen molar-refractivity contribution in [2.75, 3.05) is 19.8 Å². The van der Waals surface area contributed by atoms with Gasteiger partial charge in [-0.3, -0.25) is 9.24 Å². The van der Waals surface area contributed by atoms with E-state index in [4.69, 9.17) is 16.7 Å². The largest absolute Gasteiger partial charge is 0.354 e. The quantitative estimate of drug-likeness (QED) is 0.474. The number of halogens is 1. The van der Waals surface area contributed by atoms with Crippen molar-refractivity contribution in [1.82, 2.24) is 4.67 Å². The lowest BCUT2D eigenvalue weighted by Crippen LogP contribution is -2.21. The standard InChI is InChI=1S/C9H19FNO2PS2/c1-4-9(3)16-14(12,13-5-2)11(8-15)7-6-10/h8-9H,4-7H2,1-3H3. The van der Waals surface area contributed by atoms with E-state index >= 15 is 0 Å². The zero-order valence-corrected chi connectivity index (χ0v) is 12.4. The van der Waals surface area contributed by atoms with Crippen molar-refractivity contribution in [3.63, 3.8) is 0 Å². The minimum Gasteiger partial charge on any atom is -0.306 e. The Kier molecular flexibility index (Phi) is 8.64. The van der Waals surface area contributed by atoms with Gasteiger partial charge >= 0.3 is 6.72 Å². The molecule has 2 atom stereocenters. The van der Waals surface area contributed by atoms with Crippen LogP contribution in [0.15, 0.2) is 0 Å². The maximum absolute atomic E-state index is 12.5. The van der Waals surface area contributed by atoms with Gasteiger partial charge in [-0.15, -0.1) is 0 Å². The van der Waals surface area contributed by atoms with Crippen molar-refractivity contribution in [3.05, 3.63) is 0 Å². The molecule has 0 spiro atoms. The highest BCUT2D eigenvalue weighted by Crippen LogP contribution is 2.63. The highest BCUT2D eigenvalue weighted by Gasteiger charge is 2.32. The third-order valence-corrected chi connectivity index (χ3v) is 7.65. The first-order valence-electron chi connectivity index (χ1n) is 5.25. The van der Waals surface area contributed by atoms with Gasteiger partial charge in [0.15, 0.2) is 0 Å². The summed E-state index contributed by atoms with van der Waals surface area (Å²) in [7, 11) is 0. The maximum atomic E-state index is 12.5. The zero-order valence-electron chi connectivity index (χ0n) is 9.89. The third kappa shape index (κ3) is 5.13. The number of nitrogens with zero attached hydrogens (tertiary/aromatic N) is 1. The van der Waals surface area contributed by atoms with Crippen molar-refractivity contribution >= 4 is 35.8 Å². The predicted octanol–water partition coefficient (Wildman–Crippen LogP) is 3.89. The van der Waals surface area contributed by atoms with Crippen molar-refractivity contribution in [1.29, 1.82) is 0 Å². The monoisotopic (exact) mass is 287 g/mol. The van der Waals surface area contributed by atoms with Crippen LogP contribution in [0, 0.1) is 0 Å². The Labute approximate surface area is 106 Å². The fourth-order valence-corrected chi connectivity index (χ4v) is 6.36. The smallest absolute Gasteiger partial charge is 0.306 e. The third-order valence-electron chi connectivity index (χ3n) is 1.93. The number of rotatable bonds is 9. The highest BCUT2D eigenvalue weighted by molar-refractivity contribution is 8.56. The fraction of sp³-hybridized carbons (Fsp3) is 0.889. The van der Waals surface area contributed by atoms with Crippen LogP contribution in [0.2, 0.25) is 0 Å². The molecular weight excluding hydrogens is 268 g/mol. The Hall–Kier alpha value is 0.360. The van der Waals surface area contributed by atoms with E-state index in [1.165, 1.54) is 21.5 Å². The molecule has 0 heterocycles. The number of alkyl halides is 1. The Morgan fingerprint density at radius 1 is 1.62 bits per heavy atom. The van der Waals surface area contributed by atoms with E-state index in [0.717, 1.165) is 6.42 Å². The molecule has 0 aliphatic rings. The van der Waals surface area contributed by atoms with Gasteiger partial charge in [0.1, 0.15) is 6.67 Å². The van der Waals surface area contributed by atoms with E-state index in [1.807, 2.05) is 13.8 Å². The summed E-state index contributed by atoms with van der Waals surface area (Å²) >= 11 is 6.00. The molecule has 0 rings (SSSR count). The van der Waals surface area contributed by atoms with Gasteiger partial charge in [-0.2, -0.15) is 0 Å². The second-order valence-corrected chi connectivity index (χ2v) is 8.12. The minimum absolute atomic E-state index is 0.0181. The van der Waals surface area contributed by atoms with E-state index in [1.54, 1.807) is 6.92 Å². The molecule has 0 fully saturated rings. The summed E-state index contributed by atoms with van der Waals surface area (Å²) in [5.41, 5.74) is 1.23. The van der Waals surface area contributed by atoms with Gasteiger partial charge in [0.25, 0.3) is 0 Å². The molecule has 0 amide bonds. The summed E-state index contributed by atoms with van der Waals surface area (Å²) in [4.78, 5) is 0. The SMILES string of the molecule is CCOP(=O)(SC(C)CC)N(C=S)CCF. The minimum atomic E-state index is -3.07. The van der Waals surface area contributed by atoms with Gasteiger partial charge in [0, 0.05) is 5.25 Å². The predicted molar refractivity (Wildman–Crippen MR) is 72.9 cm³/mol. The van der Waals surface area contributed by atoms with E-state index in [0.29, 0.717) is 6.61 Å². The number of hydrogen-bond donors (Lipinski definition) is 0. The molecule has 0 saturated heterocycles. The molecule has 0 N–H and O–H groups in total. The van der Waals surface area contributed by atoms with E-state index < -0.39 is 13.4 Å². The molecule has 0 saturated carbocycles. The Morgan fingerprint density at radius 2 is 2.25 bits per heavy atom. The van der Waals surface area contributed by atoms with Crippen LogP contribution in [-0.4, -0.2) is 35.2 Å². The van der Waals surface area contributed by atoms with Gasteiger partial charge in [0.2, 0.25) is 0 Å². The molecule has 0 aromatic rings. The first kappa shape index (κ1) is 16.4. The van der Waals surface area contributed by atoms with Crippen LogP contribution in [0.1, 0.15) is 27.2 Å². The zero-order chi connectivity index (χ0) is 12.6. The van der Waals surface area contributed by atoms with Crippen LogP contribution in [-0.2, 0) is 9.09 Å². The average Bonchev–Trinajstić information content (AvgIpc) is 2.25. The topological polar surface area (TPSA) is 29.5 Å². The lowest BCUT2D eigenvalue weighted by Gasteiger charge is -2.28. The van der Waals surface area contributed by atoms with Gasteiger partial charge < -0.3 is 4.52 Å². The van der Waals surface area contributed by atoms with Crippen molar-refractivity contribution in [2.45, 2.75) is 32.4 Å². The molecule has 0 bridgehead atoms. The maximum Gasteiger partial charge on any atom is 0.354 e. The van der Waals surface area contributed by atoms with E-state index in [9.17, 15) is 8.96 Å². The number of thiocarbonyl (C=S) groups is 1. The first-order valence-corrected chi connectivity index (χ1v) is 8.78. The van der Waals surface area contributed by atoms with Crippen LogP contribution in [0.5, 0.6) is 0 Å². The second kappa shape index (κ2) is 8.45. The van der Waals surface area contributed by atoms with Gasteiger partial charge in [0.05, 0.1) is 18.6 Å².